The van der Waals surface area contributed by atoms with Gasteiger partial charge in [-0.1, -0.05) is 30.8 Å². The largest absolute Gasteiger partial charge is 0.379 e. The first-order valence-electron chi connectivity index (χ1n) is 10.4. The van der Waals surface area contributed by atoms with Crippen LogP contribution in [0.1, 0.15) is 32.6 Å². The number of nitrogens with zero attached hydrogens (tertiary/aromatic N) is 2. The van der Waals surface area contributed by atoms with Crippen LogP contribution in [0.4, 0.5) is 0 Å². The Labute approximate surface area is 178 Å². The predicted octanol–water partition coefficient (Wildman–Crippen LogP) is 2.54. The Morgan fingerprint density at radius 3 is 2.68 bits per heavy atom. The van der Waals surface area contributed by atoms with E-state index in [2.05, 4.69) is 45.6 Å². The van der Waals surface area contributed by atoms with Crippen molar-refractivity contribution in [1.29, 1.82) is 5.41 Å². The minimum atomic E-state index is 0.193. The molecule has 1 unspecified atom stereocenters. The van der Waals surface area contributed by atoms with E-state index in [0.717, 1.165) is 58.0 Å². The average molecular weight is 424 g/mol. The van der Waals surface area contributed by atoms with Gasteiger partial charge in [0.2, 0.25) is 0 Å². The molecule has 0 bridgehead atoms. The minimum Gasteiger partial charge on any atom is -0.379 e. The molecule has 3 rings (SSSR count). The number of thioether (sulfide) groups is 1. The van der Waals surface area contributed by atoms with Crippen molar-refractivity contribution in [3.8, 4) is 0 Å². The minimum absolute atomic E-state index is 0.193. The fraction of sp³-hybridized carbons (Fsp3) is 0.700. The molecular formula is C20H33N5OS2. The number of allylic oxidation sites excluding steroid dienone is 1. The van der Waals surface area contributed by atoms with E-state index in [1.165, 1.54) is 30.3 Å². The Bertz CT molecular complexity index is 595. The monoisotopic (exact) mass is 423 g/mol. The maximum atomic E-state index is 7.87. The second kappa shape index (κ2) is 11.2. The predicted molar refractivity (Wildman–Crippen MR) is 122 cm³/mol. The molecule has 8 heteroatoms. The lowest BCUT2D eigenvalue weighted by atomic mass is 10.00. The van der Waals surface area contributed by atoms with Gasteiger partial charge in [-0.15, -0.1) is 0 Å². The van der Waals surface area contributed by atoms with Gasteiger partial charge < -0.3 is 20.3 Å². The fourth-order valence-corrected chi connectivity index (χ4v) is 4.83. The van der Waals surface area contributed by atoms with E-state index in [1.807, 2.05) is 0 Å². The van der Waals surface area contributed by atoms with Crippen LogP contribution >= 0.6 is 24.0 Å². The highest BCUT2D eigenvalue weighted by Gasteiger charge is 2.26. The van der Waals surface area contributed by atoms with E-state index in [-0.39, 0.29) is 6.04 Å². The molecule has 2 saturated heterocycles. The number of nitrogens with one attached hydrogen (secondary N) is 3. The van der Waals surface area contributed by atoms with Gasteiger partial charge in [0, 0.05) is 43.7 Å². The van der Waals surface area contributed by atoms with Crippen LogP contribution in [0, 0.1) is 5.41 Å². The summed E-state index contributed by atoms with van der Waals surface area (Å²) in [6, 6.07) is 0.908. The Morgan fingerprint density at radius 1 is 1.29 bits per heavy atom. The number of ether oxygens (including phenoxy) is 1. The number of morpholine rings is 1. The Balaban J connectivity index is 1.38. The van der Waals surface area contributed by atoms with Crippen LogP contribution in [0.5, 0.6) is 0 Å². The highest BCUT2D eigenvalue weighted by Crippen LogP contribution is 2.23. The molecule has 3 N–H and O–H groups in total. The van der Waals surface area contributed by atoms with E-state index in [9.17, 15) is 0 Å². The van der Waals surface area contributed by atoms with Crippen LogP contribution in [0.3, 0.4) is 0 Å². The lowest BCUT2D eigenvalue weighted by molar-refractivity contribution is 0.00363. The summed E-state index contributed by atoms with van der Waals surface area (Å²) in [5, 5.41) is 15.1. The summed E-state index contributed by atoms with van der Waals surface area (Å²) in [4.78, 5) is 5.12. The number of hydrogen-bond donors (Lipinski definition) is 3. The highest BCUT2D eigenvalue weighted by molar-refractivity contribution is 8.13. The zero-order valence-corrected chi connectivity index (χ0v) is 18.4. The molecule has 2 aliphatic heterocycles. The van der Waals surface area contributed by atoms with E-state index in [0.29, 0.717) is 16.3 Å². The number of likely N-dealkylation sites (tertiary alicyclic amines) is 1. The lowest BCUT2D eigenvalue weighted by Gasteiger charge is -2.41. The molecule has 1 aliphatic carbocycles. The average Bonchev–Trinajstić information content (AvgIpc) is 2.73. The normalized spacial score (nSPS) is 24.0. The van der Waals surface area contributed by atoms with Crippen molar-refractivity contribution in [3.05, 3.63) is 23.9 Å². The molecule has 6 nitrogen and oxygen atoms in total. The molecule has 0 radical (unpaired) electrons. The zero-order valence-electron chi connectivity index (χ0n) is 16.8. The van der Waals surface area contributed by atoms with E-state index < -0.39 is 0 Å². The van der Waals surface area contributed by atoms with Gasteiger partial charge in [-0.05, 0) is 44.0 Å². The first kappa shape index (κ1) is 21.6. The Hall–Kier alpha value is -1.09. The summed E-state index contributed by atoms with van der Waals surface area (Å²) in [6.07, 6.45) is 11.2. The molecule has 2 fully saturated rings. The van der Waals surface area contributed by atoms with Crippen LogP contribution in [0.25, 0.3) is 0 Å². The van der Waals surface area contributed by atoms with Gasteiger partial charge in [0.05, 0.1) is 19.3 Å². The highest BCUT2D eigenvalue weighted by atomic mass is 32.2. The van der Waals surface area contributed by atoms with E-state index in [1.54, 1.807) is 0 Å². The van der Waals surface area contributed by atoms with Crippen molar-refractivity contribution in [2.75, 3.05) is 45.1 Å². The standard InChI is InChI=1S/C20H33N5OS2/c1-2-15-28-19(21)23-20(27)22-16-3-5-17(6-4-16)24-9-7-18(8-10-24)25-11-13-26-14-12-25/h3,5-6,16,18H,2,4,7-15H2,1H3,(H3,21,22,23,27). The van der Waals surface area contributed by atoms with Crippen molar-refractivity contribution in [1.82, 2.24) is 20.4 Å². The van der Waals surface area contributed by atoms with Gasteiger partial charge in [0.15, 0.2) is 10.3 Å². The van der Waals surface area contributed by atoms with Gasteiger partial charge in [-0.3, -0.25) is 10.3 Å². The molecule has 0 aromatic rings. The number of hydrogen-bond acceptors (Lipinski definition) is 6. The molecule has 3 aliphatic rings. The summed E-state index contributed by atoms with van der Waals surface area (Å²) in [7, 11) is 0. The Morgan fingerprint density at radius 2 is 2.04 bits per heavy atom. The smallest absolute Gasteiger partial charge is 0.172 e. The van der Waals surface area contributed by atoms with Gasteiger partial charge in [0.1, 0.15) is 0 Å². The van der Waals surface area contributed by atoms with Crippen molar-refractivity contribution in [2.24, 2.45) is 0 Å². The van der Waals surface area contributed by atoms with Gasteiger partial charge in [0.25, 0.3) is 0 Å². The first-order chi connectivity index (χ1) is 13.7. The van der Waals surface area contributed by atoms with Crippen molar-refractivity contribution in [2.45, 2.75) is 44.7 Å². The van der Waals surface area contributed by atoms with Crippen LogP contribution < -0.4 is 10.6 Å². The van der Waals surface area contributed by atoms with Crippen molar-refractivity contribution in [3.63, 3.8) is 0 Å². The maximum Gasteiger partial charge on any atom is 0.172 e. The van der Waals surface area contributed by atoms with Crippen LogP contribution in [0.15, 0.2) is 23.9 Å². The second-order valence-electron chi connectivity index (χ2n) is 7.47. The van der Waals surface area contributed by atoms with Crippen LogP contribution in [0.2, 0.25) is 0 Å². The molecule has 0 amide bonds. The van der Waals surface area contributed by atoms with Crippen molar-refractivity contribution < 1.29 is 4.74 Å². The second-order valence-corrected chi connectivity index (χ2v) is 8.99. The summed E-state index contributed by atoms with van der Waals surface area (Å²) in [5.41, 5.74) is 1.34. The van der Waals surface area contributed by atoms with Crippen molar-refractivity contribution >= 4 is 34.3 Å². The molecule has 0 aromatic heterocycles. The number of amidine groups is 1. The number of thiocarbonyl (C=S) groups is 1. The molecule has 156 valence electrons. The molecule has 0 aromatic carbocycles. The third-order valence-corrected chi connectivity index (χ3v) is 6.69. The molecule has 0 saturated carbocycles. The lowest BCUT2D eigenvalue weighted by Crippen LogP contribution is -2.48. The summed E-state index contributed by atoms with van der Waals surface area (Å²) in [6.45, 7) is 8.31. The quantitative estimate of drug-likeness (QED) is 0.357. The van der Waals surface area contributed by atoms with E-state index in [4.69, 9.17) is 22.4 Å². The molecular weight excluding hydrogens is 390 g/mol. The number of rotatable bonds is 5. The maximum absolute atomic E-state index is 7.87. The van der Waals surface area contributed by atoms with Gasteiger partial charge >= 0.3 is 0 Å². The molecule has 2 heterocycles. The van der Waals surface area contributed by atoms with Gasteiger partial charge in [-0.25, -0.2) is 0 Å². The van der Waals surface area contributed by atoms with E-state index >= 15 is 0 Å². The SMILES string of the molecule is CCCSC(=N)NC(=S)NC1C=CC(N2CCC(N3CCOCC3)CC2)=CC1. The molecule has 0 spiro atoms. The van der Waals surface area contributed by atoms with Crippen LogP contribution in [-0.2, 0) is 4.74 Å². The van der Waals surface area contributed by atoms with Gasteiger partial charge in [-0.2, -0.15) is 0 Å². The molecule has 1 atom stereocenters. The summed E-state index contributed by atoms with van der Waals surface area (Å²) < 4.78 is 5.48. The summed E-state index contributed by atoms with van der Waals surface area (Å²) >= 11 is 6.83. The topological polar surface area (TPSA) is 63.6 Å². The third kappa shape index (κ3) is 6.47. The first-order valence-corrected chi connectivity index (χ1v) is 11.8. The fourth-order valence-electron chi connectivity index (χ4n) is 3.93. The number of piperidine rings is 1. The molecule has 28 heavy (non-hydrogen) atoms. The van der Waals surface area contributed by atoms with Crippen LogP contribution in [-0.4, -0.2) is 77.3 Å². The zero-order chi connectivity index (χ0) is 19.8. The third-order valence-electron chi connectivity index (χ3n) is 5.47. The summed E-state index contributed by atoms with van der Waals surface area (Å²) in [5.74, 6) is 0.937. The Kier molecular flexibility index (Phi) is 8.64.